The first-order valence-electron chi connectivity index (χ1n) is 9.52. The fourth-order valence-corrected chi connectivity index (χ4v) is 2.86. The van der Waals surface area contributed by atoms with E-state index in [-0.39, 0.29) is 6.10 Å². The van der Waals surface area contributed by atoms with Crippen molar-refractivity contribution in [1.82, 2.24) is 10.6 Å². The Balaban J connectivity index is 1.94. The van der Waals surface area contributed by atoms with Gasteiger partial charge in [-0.05, 0) is 36.6 Å². The van der Waals surface area contributed by atoms with Crippen LogP contribution in [0.5, 0.6) is 11.5 Å². The number of nitrogens with zero attached hydrogens (tertiary/aromatic N) is 1. The number of nitrogens with one attached hydrogen (secondary N) is 2. The normalized spacial score (nSPS) is 12.4. The van der Waals surface area contributed by atoms with E-state index >= 15 is 0 Å². The average Bonchev–Trinajstić information content (AvgIpc) is 2.74. The highest BCUT2D eigenvalue weighted by molar-refractivity contribution is 5.79. The quantitative estimate of drug-likeness (QED) is 0.486. The van der Waals surface area contributed by atoms with Crippen molar-refractivity contribution in [1.29, 1.82) is 0 Å². The summed E-state index contributed by atoms with van der Waals surface area (Å²) in [7, 11) is 5.00. The van der Waals surface area contributed by atoms with Gasteiger partial charge < -0.3 is 24.8 Å². The fourth-order valence-electron chi connectivity index (χ4n) is 2.86. The van der Waals surface area contributed by atoms with E-state index in [4.69, 9.17) is 14.2 Å². The third-order valence-corrected chi connectivity index (χ3v) is 4.37. The van der Waals surface area contributed by atoms with Crippen molar-refractivity contribution in [2.24, 2.45) is 4.99 Å². The Bertz CT molecular complexity index is 735. The SMILES string of the molecule is CCNC(=NCC(OC)c1ccccc1)NCCc1ccc(OC)c(OC)c1. The van der Waals surface area contributed by atoms with Crippen molar-refractivity contribution in [2.45, 2.75) is 19.4 Å². The van der Waals surface area contributed by atoms with E-state index in [0.717, 1.165) is 42.5 Å². The Kier molecular flexibility index (Phi) is 9.15. The molecule has 0 fully saturated rings. The molecule has 1 atom stereocenters. The van der Waals surface area contributed by atoms with Crippen LogP contribution in [0.4, 0.5) is 0 Å². The number of guanidine groups is 1. The van der Waals surface area contributed by atoms with Crippen LogP contribution in [0.1, 0.15) is 24.2 Å². The lowest BCUT2D eigenvalue weighted by atomic mass is 10.1. The molecule has 2 rings (SSSR count). The average molecular weight is 386 g/mol. The largest absolute Gasteiger partial charge is 0.493 e. The predicted octanol–water partition coefficient (Wildman–Crippen LogP) is 3.19. The fraction of sp³-hybridized carbons (Fsp3) is 0.409. The number of hydrogen-bond donors (Lipinski definition) is 2. The van der Waals surface area contributed by atoms with Crippen molar-refractivity contribution < 1.29 is 14.2 Å². The van der Waals surface area contributed by atoms with Gasteiger partial charge in [0.2, 0.25) is 0 Å². The highest BCUT2D eigenvalue weighted by Gasteiger charge is 2.10. The van der Waals surface area contributed by atoms with Gasteiger partial charge in [0.25, 0.3) is 0 Å². The third kappa shape index (κ3) is 6.46. The lowest BCUT2D eigenvalue weighted by molar-refractivity contribution is 0.111. The van der Waals surface area contributed by atoms with Crippen molar-refractivity contribution in [2.75, 3.05) is 41.0 Å². The number of rotatable bonds is 10. The summed E-state index contributed by atoms with van der Waals surface area (Å²) >= 11 is 0. The lowest BCUT2D eigenvalue weighted by Crippen LogP contribution is -2.38. The zero-order valence-corrected chi connectivity index (χ0v) is 17.2. The monoisotopic (exact) mass is 385 g/mol. The van der Waals surface area contributed by atoms with E-state index in [2.05, 4.69) is 34.7 Å². The number of ether oxygens (including phenoxy) is 3. The van der Waals surface area contributed by atoms with Crippen molar-refractivity contribution in [3.63, 3.8) is 0 Å². The van der Waals surface area contributed by atoms with Crippen molar-refractivity contribution in [3.05, 3.63) is 59.7 Å². The molecule has 0 aliphatic carbocycles. The van der Waals surface area contributed by atoms with E-state index in [1.165, 1.54) is 5.56 Å². The Labute approximate surface area is 167 Å². The summed E-state index contributed by atoms with van der Waals surface area (Å²) < 4.78 is 16.3. The molecule has 2 N–H and O–H groups in total. The van der Waals surface area contributed by atoms with Gasteiger partial charge in [-0.25, -0.2) is 0 Å². The highest BCUT2D eigenvalue weighted by atomic mass is 16.5. The maximum absolute atomic E-state index is 5.60. The van der Waals surface area contributed by atoms with Crippen molar-refractivity contribution >= 4 is 5.96 Å². The van der Waals surface area contributed by atoms with E-state index in [0.29, 0.717) is 6.54 Å². The first-order chi connectivity index (χ1) is 13.7. The molecular weight excluding hydrogens is 354 g/mol. The van der Waals surface area contributed by atoms with Gasteiger partial charge >= 0.3 is 0 Å². The van der Waals surface area contributed by atoms with Crippen molar-refractivity contribution in [3.8, 4) is 11.5 Å². The Hall–Kier alpha value is -2.73. The minimum atomic E-state index is -0.0671. The molecule has 0 saturated carbocycles. The van der Waals surface area contributed by atoms with Crippen LogP contribution in [0.15, 0.2) is 53.5 Å². The number of aliphatic imine (C=N–C) groups is 1. The van der Waals surface area contributed by atoms with E-state index in [1.807, 2.05) is 36.4 Å². The smallest absolute Gasteiger partial charge is 0.191 e. The molecular formula is C22H31N3O3. The Morgan fingerprint density at radius 2 is 1.71 bits per heavy atom. The summed E-state index contributed by atoms with van der Waals surface area (Å²) in [5.41, 5.74) is 2.29. The van der Waals surface area contributed by atoms with Crippen LogP contribution in [0.2, 0.25) is 0 Å². The van der Waals surface area contributed by atoms with Gasteiger partial charge in [0.05, 0.1) is 20.8 Å². The molecule has 0 radical (unpaired) electrons. The van der Waals surface area contributed by atoms with Crippen LogP contribution in [-0.4, -0.2) is 46.9 Å². The second-order valence-corrected chi connectivity index (χ2v) is 6.22. The molecule has 0 saturated heterocycles. The Morgan fingerprint density at radius 3 is 2.36 bits per heavy atom. The molecule has 1 unspecified atom stereocenters. The van der Waals surface area contributed by atoms with Crippen LogP contribution in [0, 0.1) is 0 Å². The molecule has 0 spiro atoms. The molecule has 0 aliphatic rings. The Morgan fingerprint density at radius 1 is 0.964 bits per heavy atom. The zero-order valence-electron chi connectivity index (χ0n) is 17.2. The first kappa shape index (κ1) is 21.6. The minimum absolute atomic E-state index is 0.0671. The van der Waals surface area contributed by atoms with E-state index in [1.54, 1.807) is 21.3 Å². The molecule has 0 aromatic heterocycles. The standard InChI is InChI=1S/C22H31N3O3/c1-5-23-22(25-16-21(28-4)18-9-7-6-8-10-18)24-14-13-17-11-12-19(26-2)20(15-17)27-3/h6-12,15,21H,5,13-14,16H2,1-4H3,(H2,23,24,25). The molecule has 6 heteroatoms. The molecule has 6 nitrogen and oxygen atoms in total. The second-order valence-electron chi connectivity index (χ2n) is 6.22. The minimum Gasteiger partial charge on any atom is -0.493 e. The molecule has 0 aliphatic heterocycles. The van der Waals surface area contributed by atoms with Crippen LogP contribution >= 0.6 is 0 Å². The van der Waals surface area contributed by atoms with Gasteiger partial charge in [0, 0.05) is 20.2 Å². The van der Waals surface area contributed by atoms with Gasteiger partial charge in [-0.3, -0.25) is 4.99 Å². The van der Waals surface area contributed by atoms with Crippen LogP contribution in [0.3, 0.4) is 0 Å². The summed E-state index contributed by atoms with van der Waals surface area (Å²) in [5, 5.41) is 6.66. The molecule has 0 bridgehead atoms. The van der Waals surface area contributed by atoms with E-state index in [9.17, 15) is 0 Å². The van der Waals surface area contributed by atoms with Crippen LogP contribution in [-0.2, 0) is 11.2 Å². The maximum atomic E-state index is 5.60. The maximum Gasteiger partial charge on any atom is 0.191 e. The van der Waals surface area contributed by atoms with Gasteiger partial charge in [-0.15, -0.1) is 0 Å². The van der Waals surface area contributed by atoms with Gasteiger partial charge in [0.15, 0.2) is 17.5 Å². The van der Waals surface area contributed by atoms with Crippen LogP contribution in [0.25, 0.3) is 0 Å². The zero-order chi connectivity index (χ0) is 20.2. The molecule has 2 aromatic carbocycles. The summed E-state index contributed by atoms with van der Waals surface area (Å²) in [6.45, 7) is 4.15. The van der Waals surface area contributed by atoms with E-state index < -0.39 is 0 Å². The number of benzene rings is 2. The van der Waals surface area contributed by atoms with Gasteiger partial charge in [-0.1, -0.05) is 36.4 Å². The first-order valence-corrected chi connectivity index (χ1v) is 9.52. The van der Waals surface area contributed by atoms with Gasteiger partial charge in [0.1, 0.15) is 6.10 Å². The lowest BCUT2D eigenvalue weighted by Gasteiger charge is -2.16. The second kappa shape index (κ2) is 11.9. The summed E-state index contributed by atoms with van der Waals surface area (Å²) in [5.74, 6) is 2.26. The summed E-state index contributed by atoms with van der Waals surface area (Å²) in [4.78, 5) is 4.68. The topological polar surface area (TPSA) is 64.1 Å². The summed E-state index contributed by atoms with van der Waals surface area (Å²) in [6.07, 6.45) is 0.777. The molecule has 152 valence electrons. The summed E-state index contributed by atoms with van der Waals surface area (Å²) in [6, 6.07) is 16.1. The molecule has 0 heterocycles. The number of methoxy groups -OCH3 is 3. The van der Waals surface area contributed by atoms with Gasteiger partial charge in [-0.2, -0.15) is 0 Å². The molecule has 28 heavy (non-hydrogen) atoms. The molecule has 2 aromatic rings. The van der Waals surface area contributed by atoms with Crippen LogP contribution < -0.4 is 20.1 Å². The number of hydrogen-bond acceptors (Lipinski definition) is 4. The molecule has 0 amide bonds. The third-order valence-electron chi connectivity index (χ3n) is 4.37. The highest BCUT2D eigenvalue weighted by Crippen LogP contribution is 2.27. The predicted molar refractivity (Wildman–Crippen MR) is 113 cm³/mol.